The lowest BCUT2D eigenvalue weighted by Gasteiger charge is -2.40. The van der Waals surface area contributed by atoms with Gasteiger partial charge in [0.05, 0.1) is 11.9 Å². The van der Waals surface area contributed by atoms with Crippen LogP contribution in [-0.4, -0.2) is 57.7 Å². The summed E-state index contributed by atoms with van der Waals surface area (Å²) in [6, 6.07) is 12.8. The van der Waals surface area contributed by atoms with Crippen LogP contribution in [0.2, 0.25) is 0 Å². The van der Waals surface area contributed by atoms with Crippen molar-refractivity contribution >= 4 is 27.3 Å². The molecule has 1 aliphatic heterocycles. The molecular formula is C24H33N3O3S. The van der Waals surface area contributed by atoms with Crippen LogP contribution in [-0.2, 0) is 14.8 Å². The molecule has 1 aliphatic rings. The molecule has 2 aromatic rings. The van der Waals surface area contributed by atoms with Gasteiger partial charge in [0.1, 0.15) is 6.04 Å². The molecule has 0 radical (unpaired) electrons. The highest BCUT2D eigenvalue weighted by Crippen LogP contribution is 2.26. The lowest BCUT2D eigenvalue weighted by atomic mass is 10.1. The normalized spacial score (nSPS) is 15.6. The Morgan fingerprint density at radius 3 is 2.16 bits per heavy atom. The van der Waals surface area contributed by atoms with Gasteiger partial charge in [-0.15, -0.1) is 0 Å². The Morgan fingerprint density at radius 1 is 1.00 bits per heavy atom. The first-order valence-electron chi connectivity index (χ1n) is 10.8. The number of amides is 1. The molecule has 1 heterocycles. The Labute approximate surface area is 186 Å². The Hall–Kier alpha value is -2.54. The minimum absolute atomic E-state index is 0.130. The zero-order valence-electron chi connectivity index (χ0n) is 19.1. The second-order valence-corrected chi connectivity index (χ2v) is 10.2. The Balaban J connectivity index is 1.78. The first-order chi connectivity index (χ1) is 14.6. The van der Waals surface area contributed by atoms with Crippen LogP contribution in [0.15, 0.2) is 42.5 Å². The standard InChI is InChI=1S/C24H33N3O3S/c1-6-22(27(31(5,29)30)21-12-10-18(2)11-13-21)24(28)26-16-14-25(15-17-26)23-9-7-8-19(3)20(23)4/h7-13,22H,6,14-17H2,1-5H3/t22-/m1/s1. The maximum Gasteiger partial charge on any atom is 0.246 e. The fourth-order valence-corrected chi connectivity index (χ4v) is 5.40. The summed E-state index contributed by atoms with van der Waals surface area (Å²) in [5, 5.41) is 0. The van der Waals surface area contributed by atoms with Crippen molar-refractivity contribution < 1.29 is 13.2 Å². The van der Waals surface area contributed by atoms with Crippen molar-refractivity contribution in [3.05, 3.63) is 59.2 Å². The molecule has 0 unspecified atom stereocenters. The third kappa shape index (κ3) is 5.03. The largest absolute Gasteiger partial charge is 0.368 e. The number of piperazine rings is 1. The number of anilines is 2. The van der Waals surface area contributed by atoms with Crippen LogP contribution in [0.1, 0.15) is 30.0 Å². The van der Waals surface area contributed by atoms with Gasteiger partial charge in [0.2, 0.25) is 15.9 Å². The van der Waals surface area contributed by atoms with Gasteiger partial charge in [-0.05, 0) is 56.5 Å². The average molecular weight is 444 g/mol. The number of aryl methyl sites for hydroxylation is 2. The SMILES string of the molecule is CC[C@H](C(=O)N1CCN(c2cccc(C)c2C)CC1)N(c1ccc(C)cc1)S(C)(=O)=O. The molecule has 168 valence electrons. The van der Waals surface area contributed by atoms with Crippen molar-refractivity contribution in [1.82, 2.24) is 4.90 Å². The summed E-state index contributed by atoms with van der Waals surface area (Å²) in [4.78, 5) is 17.5. The van der Waals surface area contributed by atoms with E-state index in [2.05, 4.69) is 36.9 Å². The Bertz CT molecular complexity index is 1030. The van der Waals surface area contributed by atoms with Gasteiger partial charge in [0.25, 0.3) is 0 Å². The van der Waals surface area contributed by atoms with Crippen LogP contribution in [0.25, 0.3) is 0 Å². The molecule has 1 saturated heterocycles. The van der Waals surface area contributed by atoms with Crippen molar-refractivity contribution in [2.24, 2.45) is 0 Å². The van der Waals surface area contributed by atoms with Crippen LogP contribution >= 0.6 is 0 Å². The first kappa shape index (κ1) is 23.1. The molecule has 0 N–H and O–H groups in total. The molecule has 6 nitrogen and oxygen atoms in total. The van der Waals surface area contributed by atoms with E-state index in [9.17, 15) is 13.2 Å². The molecule has 7 heteroatoms. The zero-order valence-corrected chi connectivity index (χ0v) is 19.9. The fraction of sp³-hybridized carbons (Fsp3) is 0.458. The van der Waals surface area contributed by atoms with Crippen molar-refractivity contribution in [2.45, 2.75) is 40.2 Å². The molecule has 0 aliphatic carbocycles. The van der Waals surface area contributed by atoms with Crippen molar-refractivity contribution in [1.29, 1.82) is 0 Å². The molecule has 2 aromatic carbocycles. The summed E-state index contributed by atoms with van der Waals surface area (Å²) in [6.45, 7) is 10.7. The predicted molar refractivity (Wildman–Crippen MR) is 127 cm³/mol. The summed E-state index contributed by atoms with van der Waals surface area (Å²) in [5.41, 5.74) is 5.29. The predicted octanol–water partition coefficient (Wildman–Crippen LogP) is 3.51. The van der Waals surface area contributed by atoms with Gasteiger partial charge in [0.15, 0.2) is 0 Å². The number of hydrogen-bond donors (Lipinski definition) is 0. The number of carbonyl (C=O) groups is 1. The van der Waals surface area contributed by atoms with E-state index in [0.717, 1.165) is 18.7 Å². The molecular weight excluding hydrogens is 410 g/mol. The minimum atomic E-state index is -3.61. The van der Waals surface area contributed by atoms with Gasteiger partial charge < -0.3 is 9.80 Å². The topological polar surface area (TPSA) is 60.9 Å². The number of nitrogens with zero attached hydrogens (tertiary/aromatic N) is 3. The van der Waals surface area contributed by atoms with E-state index in [4.69, 9.17) is 0 Å². The van der Waals surface area contributed by atoms with E-state index >= 15 is 0 Å². The van der Waals surface area contributed by atoms with Crippen LogP contribution in [0.5, 0.6) is 0 Å². The lowest BCUT2D eigenvalue weighted by Crippen LogP contribution is -2.56. The molecule has 0 bridgehead atoms. The van der Waals surface area contributed by atoms with Crippen LogP contribution in [0.4, 0.5) is 11.4 Å². The maximum atomic E-state index is 13.4. The minimum Gasteiger partial charge on any atom is -0.368 e. The number of rotatable bonds is 6. The molecule has 1 amide bonds. The number of carbonyl (C=O) groups excluding carboxylic acids is 1. The maximum absolute atomic E-state index is 13.4. The summed E-state index contributed by atoms with van der Waals surface area (Å²) in [7, 11) is -3.61. The number of sulfonamides is 1. The Kier molecular flexibility index (Phi) is 6.94. The van der Waals surface area contributed by atoms with Crippen LogP contribution < -0.4 is 9.21 Å². The number of benzene rings is 2. The lowest BCUT2D eigenvalue weighted by molar-refractivity contribution is -0.132. The van der Waals surface area contributed by atoms with Gasteiger partial charge in [-0.2, -0.15) is 0 Å². The fourth-order valence-electron chi connectivity index (χ4n) is 4.19. The van der Waals surface area contributed by atoms with E-state index in [1.807, 2.05) is 30.9 Å². The highest BCUT2D eigenvalue weighted by molar-refractivity contribution is 7.92. The van der Waals surface area contributed by atoms with E-state index in [1.165, 1.54) is 27.4 Å². The van der Waals surface area contributed by atoms with Crippen molar-refractivity contribution in [2.75, 3.05) is 41.6 Å². The summed E-state index contributed by atoms with van der Waals surface area (Å²) in [5.74, 6) is -0.130. The quantitative estimate of drug-likeness (QED) is 0.686. The highest BCUT2D eigenvalue weighted by Gasteiger charge is 2.35. The third-order valence-corrected chi connectivity index (χ3v) is 7.29. The van der Waals surface area contributed by atoms with Crippen LogP contribution in [0, 0.1) is 20.8 Å². The zero-order chi connectivity index (χ0) is 22.8. The van der Waals surface area contributed by atoms with E-state index < -0.39 is 16.1 Å². The molecule has 0 aromatic heterocycles. The molecule has 1 fully saturated rings. The molecule has 1 atom stereocenters. The van der Waals surface area contributed by atoms with Gasteiger partial charge in [0, 0.05) is 31.9 Å². The Morgan fingerprint density at radius 2 is 1.61 bits per heavy atom. The first-order valence-corrected chi connectivity index (χ1v) is 12.6. The van der Waals surface area contributed by atoms with Gasteiger partial charge >= 0.3 is 0 Å². The van der Waals surface area contributed by atoms with Gasteiger partial charge in [-0.3, -0.25) is 9.10 Å². The molecule has 0 spiro atoms. The highest BCUT2D eigenvalue weighted by atomic mass is 32.2. The summed E-state index contributed by atoms with van der Waals surface area (Å²) >= 11 is 0. The van der Waals surface area contributed by atoms with Crippen molar-refractivity contribution in [3.8, 4) is 0 Å². The summed E-state index contributed by atoms with van der Waals surface area (Å²) < 4.78 is 26.6. The number of hydrogen-bond acceptors (Lipinski definition) is 4. The second-order valence-electron chi connectivity index (χ2n) is 8.35. The van der Waals surface area contributed by atoms with E-state index in [-0.39, 0.29) is 5.91 Å². The van der Waals surface area contributed by atoms with Gasteiger partial charge in [-0.25, -0.2) is 8.42 Å². The molecule has 0 saturated carbocycles. The third-order valence-electron chi connectivity index (χ3n) is 6.11. The molecule has 31 heavy (non-hydrogen) atoms. The van der Waals surface area contributed by atoms with Gasteiger partial charge in [-0.1, -0.05) is 36.8 Å². The van der Waals surface area contributed by atoms with Crippen LogP contribution in [0.3, 0.4) is 0 Å². The van der Waals surface area contributed by atoms with E-state index in [0.29, 0.717) is 25.2 Å². The monoisotopic (exact) mass is 443 g/mol. The second kappa shape index (κ2) is 9.30. The van der Waals surface area contributed by atoms with E-state index in [1.54, 1.807) is 12.1 Å². The smallest absolute Gasteiger partial charge is 0.246 e. The average Bonchev–Trinajstić information content (AvgIpc) is 2.74. The van der Waals surface area contributed by atoms with Crippen molar-refractivity contribution in [3.63, 3.8) is 0 Å². The molecule has 3 rings (SSSR count). The summed E-state index contributed by atoms with van der Waals surface area (Å²) in [6.07, 6.45) is 1.58.